The molecule has 3 N–H and O–H groups in total. The Kier molecular flexibility index (Phi) is 4.45. The SMILES string of the molecule is CNc1cc(CN2CCCC(N)C2)cc(-n2cnc(C)c2)c1. The number of nitrogens with zero attached hydrogens (tertiary/aromatic N) is 3. The molecule has 1 atom stereocenters. The van der Waals surface area contributed by atoms with E-state index in [0.717, 1.165) is 43.1 Å². The fourth-order valence-corrected chi connectivity index (χ4v) is 3.11. The number of anilines is 1. The normalized spacial score (nSPS) is 19.3. The molecule has 1 aromatic heterocycles. The van der Waals surface area contributed by atoms with Crippen molar-refractivity contribution in [3.63, 3.8) is 0 Å². The van der Waals surface area contributed by atoms with Gasteiger partial charge >= 0.3 is 0 Å². The third-order valence-corrected chi connectivity index (χ3v) is 4.22. The smallest absolute Gasteiger partial charge is 0.0995 e. The van der Waals surface area contributed by atoms with Crippen molar-refractivity contribution in [1.82, 2.24) is 14.5 Å². The maximum atomic E-state index is 6.09. The molecule has 22 heavy (non-hydrogen) atoms. The highest BCUT2D eigenvalue weighted by Gasteiger charge is 2.17. The summed E-state index contributed by atoms with van der Waals surface area (Å²) in [5, 5.41) is 3.25. The predicted molar refractivity (Wildman–Crippen MR) is 90.3 cm³/mol. The largest absolute Gasteiger partial charge is 0.388 e. The molecule has 118 valence electrons. The lowest BCUT2D eigenvalue weighted by molar-refractivity contribution is 0.201. The van der Waals surface area contributed by atoms with E-state index >= 15 is 0 Å². The summed E-state index contributed by atoms with van der Waals surface area (Å²) in [6.45, 7) is 5.08. The second-order valence-corrected chi connectivity index (χ2v) is 6.20. The minimum absolute atomic E-state index is 0.317. The van der Waals surface area contributed by atoms with Crippen LogP contribution in [0.15, 0.2) is 30.7 Å². The lowest BCUT2D eigenvalue weighted by Gasteiger charge is -2.30. The summed E-state index contributed by atoms with van der Waals surface area (Å²) >= 11 is 0. The number of aryl methyl sites for hydroxylation is 1. The van der Waals surface area contributed by atoms with Crippen molar-refractivity contribution in [3.8, 4) is 5.69 Å². The number of nitrogens with two attached hydrogens (primary N) is 1. The molecule has 5 heteroatoms. The lowest BCUT2D eigenvalue weighted by atomic mass is 10.1. The topological polar surface area (TPSA) is 59.1 Å². The number of rotatable bonds is 4. The Bertz CT molecular complexity index is 634. The summed E-state index contributed by atoms with van der Waals surface area (Å²) in [6.07, 6.45) is 6.26. The Balaban J connectivity index is 1.84. The van der Waals surface area contributed by atoms with Gasteiger partial charge in [-0.3, -0.25) is 4.90 Å². The van der Waals surface area contributed by atoms with E-state index in [1.807, 2.05) is 20.3 Å². The molecule has 2 aromatic rings. The van der Waals surface area contributed by atoms with Crippen molar-refractivity contribution >= 4 is 5.69 Å². The number of hydrogen-bond donors (Lipinski definition) is 2. The molecular weight excluding hydrogens is 274 g/mol. The van der Waals surface area contributed by atoms with Gasteiger partial charge in [0.25, 0.3) is 0 Å². The quantitative estimate of drug-likeness (QED) is 0.908. The first-order valence-electron chi connectivity index (χ1n) is 7.94. The van der Waals surface area contributed by atoms with Crippen LogP contribution in [0.5, 0.6) is 0 Å². The van der Waals surface area contributed by atoms with E-state index in [2.05, 4.69) is 44.2 Å². The number of piperidine rings is 1. The molecule has 1 aromatic carbocycles. The van der Waals surface area contributed by atoms with Crippen molar-refractivity contribution in [1.29, 1.82) is 0 Å². The van der Waals surface area contributed by atoms with Gasteiger partial charge in [0.1, 0.15) is 0 Å². The molecule has 0 bridgehead atoms. The molecule has 1 aliphatic rings. The van der Waals surface area contributed by atoms with Crippen molar-refractivity contribution in [3.05, 3.63) is 42.0 Å². The van der Waals surface area contributed by atoms with Crippen LogP contribution in [-0.2, 0) is 6.54 Å². The molecule has 2 heterocycles. The molecule has 5 nitrogen and oxygen atoms in total. The van der Waals surface area contributed by atoms with Gasteiger partial charge in [-0.25, -0.2) is 4.98 Å². The van der Waals surface area contributed by atoms with Gasteiger partial charge in [-0.2, -0.15) is 0 Å². The molecule has 1 aliphatic heterocycles. The van der Waals surface area contributed by atoms with Gasteiger partial charge in [0, 0.05) is 43.8 Å². The third-order valence-electron chi connectivity index (χ3n) is 4.22. The Morgan fingerprint density at radius 3 is 2.91 bits per heavy atom. The summed E-state index contributed by atoms with van der Waals surface area (Å²) in [7, 11) is 1.96. The Hall–Kier alpha value is -1.85. The van der Waals surface area contributed by atoms with Crippen LogP contribution in [0.25, 0.3) is 5.69 Å². The number of nitrogens with one attached hydrogen (secondary N) is 1. The van der Waals surface area contributed by atoms with Gasteiger partial charge in [-0.1, -0.05) is 0 Å². The number of imidazole rings is 1. The summed E-state index contributed by atoms with van der Waals surface area (Å²) < 4.78 is 2.07. The zero-order valence-corrected chi connectivity index (χ0v) is 13.4. The molecule has 0 amide bonds. The van der Waals surface area contributed by atoms with E-state index in [1.54, 1.807) is 0 Å². The molecule has 0 saturated carbocycles. The molecular formula is C17H25N5. The highest BCUT2D eigenvalue weighted by molar-refractivity contribution is 5.54. The van der Waals surface area contributed by atoms with Gasteiger partial charge in [0.2, 0.25) is 0 Å². The van der Waals surface area contributed by atoms with Crippen LogP contribution in [0.2, 0.25) is 0 Å². The number of hydrogen-bond acceptors (Lipinski definition) is 4. The maximum Gasteiger partial charge on any atom is 0.0995 e. The number of aromatic nitrogens is 2. The fourth-order valence-electron chi connectivity index (χ4n) is 3.11. The molecule has 1 fully saturated rings. The van der Waals surface area contributed by atoms with Crippen molar-refractivity contribution in [2.75, 3.05) is 25.5 Å². The lowest BCUT2D eigenvalue weighted by Crippen LogP contribution is -2.42. The predicted octanol–water partition coefficient (Wildman–Crippen LogP) is 2.15. The van der Waals surface area contributed by atoms with Gasteiger partial charge in [-0.15, -0.1) is 0 Å². The number of benzene rings is 1. The van der Waals surface area contributed by atoms with E-state index in [4.69, 9.17) is 5.73 Å². The average molecular weight is 299 g/mol. The van der Waals surface area contributed by atoms with Crippen LogP contribution >= 0.6 is 0 Å². The van der Waals surface area contributed by atoms with Crippen LogP contribution in [0.4, 0.5) is 5.69 Å². The Morgan fingerprint density at radius 1 is 1.36 bits per heavy atom. The zero-order chi connectivity index (χ0) is 15.5. The second kappa shape index (κ2) is 6.50. The van der Waals surface area contributed by atoms with E-state index in [0.29, 0.717) is 6.04 Å². The molecule has 0 radical (unpaired) electrons. The van der Waals surface area contributed by atoms with Crippen molar-refractivity contribution in [2.45, 2.75) is 32.4 Å². The summed E-state index contributed by atoms with van der Waals surface area (Å²) in [4.78, 5) is 6.77. The van der Waals surface area contributed by atoms with Gasteiger partial charge < -0.3 is 15.6 Å². The van der Waals surface area contributed by atoms with Crippen molar-refractivity contribution in [2.24, 2.45) is 5.73 Å². The molecule has 3 rings (SSSR count). The molecule has 0 spiro atoms. The first-order chi connectivity index (χ1) is 10.6. The van der Waals surface area contributed by atoms with Crippen LogP contribution in [0, 0.1) is 6.92 Å². The Labute approximate surface area is 132 Å². The fraction of sp³-hybridized carbons (Fsp3) is 0.471. The van der Waals surface area contributed by atoms with Crippen LogP contribution in [0.3, 0.4) is 0 Å². The van der Waals surface area contributed by atoms with Crippen molar-refractivity contribution < 1.29 is 0 Å². The van der Waals surface area contributed by atoms with E-state index in [1.165, 1.54) is 12.0 Å². The van der Waals surface area contributed by atoms with Gasteiger partial charge in [-0.05, 0) is 50.1 Å². The van der Waals surface area contributed by atoms with Gasteiger partial charge in [0.15, 0.2) is 0 Å². The summed E-state index contributed by atoms with van der Waals surface area (Å²) in [5.41, 5.74) is 10.7. The second-order valence-electron chi connectivity index (χ2n) is 6.20. The first-order valence-corrected chi connectivity index (χ1v) is 7.94. The van der Waals surface area contributed by atoms with Crippen LogP contribution < -0.4 is 11.1 Å². The van der Waals surface area contributed by atoms with E-state index in [9.17, 15) is 0 Å². The van der Waals surface area contributed by atoms with Gasteiger partial charge in [0.05, 0.1) is 12.0 Å². The summed E-state index contributed by atoms with van der Waals surface area (Å²) in [6, 6.07) is 6.92. The minimum Gasteiger partial charge on any atom is -0.388 e. The van der Waals surface area contributed by atoms with E-state index < -0.39 is 0 Å². The maximum absolute atomic E-state index is 6.09. The first kappa shape index (κ1) is 15.1. The van der Waals surface area contributed by atoms with Crippen LogP contribution in [-0.4, -0.2) is 40.6 Å². The molecule has 0 aliphatic carbocycles. The summed E-state index contributed by atoms with van der Waals surface area (Å²) in [5.74, 6) is 0. The molecule has 1 saturated heterocycles. The molecule has 1 unspecified atom stereocenters. The Morgan fingerprint density at radius 2 is 2.23 bits per heavy atom. The zero-order valence-electron chi connectivity index (χ0n) is 13.4. The monoisotopic (exact) mass is 299 g/mol. The highest BCUT2D eigenvalue weighted by atomic mass is 15.1. The number of likely N-dealkylation sites (tertiary alicyclic amines) is 1. The highest BCUT2D eigenvalue weighted by Crippen LogP contribution is 2.21. The minimum atomic E-state index is 0.317. The van der Waals surface area contributed by atoms with Crippen LogP contribution in [0.1, 0.15) is 24.1 Å². The van der Waals surface area contributed by atoms with E-state index in [-0.39, 0.29) is 0 Å². The standard InChI is InChI=1S/C17H25N5/c1-13-9-22(12-20-13)17-7-14(6-16(8-17)19-2)10-21-5-3-4-15(18)11-21/h6-9,12,15,19H,3-5,10-11,18H2,1-2H3. The average Bonchev–Trinajstić information content (AvgIpc) is 2.93. The third kappa shape index (κ3) is 3.48.